The number of rotatable bonds is 7. The number of hydrogen-bond acceptors (Lipinski definition) is 2. The third-order valence-corrected chi connectivity index (χ3v) is 4.26. The summed E-state index contributed by atoms with van der Waals surface area (Å²) in [5, 5.41) is 1.35. The van der Waals surface area contributed by atoms with Crippen LogP contribution in [-0.4, -0.2) is 28.6 Å². The largest absolute Gasteiger partial charge is 0.357 e. The fourth-order valence-corrected chi connectivity index (χ4v) is 3.47. The molecule has 0 saturated carbocycles. The molecule has 88 valence electrons. The first-order valence-corrected chi connectivity index (χ1v) is 7.27. The van der Waals surface area contributed by atoms with Gasteiger partial charge in [0.2, 0.25) is 0 Å². The number of ether oxygens (including phenoxy) is 2. The molecule has 0 bridgehead atoms. The van der Waals surface area contributed by atoms with E-state index in [0.29, 0.717) is 13.2 Å². The second-order valence-corrected chi connectivity index (χ2v) is 5.28. The van der Waals surface area contributed by atoms with Gasteiger partial charge in [0.05, 0.1) is 0 Å². The smallest absolute Gasteiger partial charge is 0.139 e. The molecule has 0 aliphatic carbocycles. The number of benzene rings is 1. The Morgan fingerprint density at radius 1 is 1.25 bits per heavy atom. The van der Waals surface area contributed by atoms with E-state index in [1.807, 2.05) is 26.0 Å². The van der Waals surface area contributed by atoms with Crippen molar-refractivity contribution in [3.63, 3.8) is 0 Å². The van der Waals surface area contributed by atoms with Gasteiger partial charge < -0.3 is 9.47 Å². The molecule has 0 amide bonds. The van der Waals surface area contributed by atoms with Crippen LogP contribution in [-0.2, 0) is 9.47 Å². The van der Waals surface area contributed by atoms with Crippen LogP contribution in [0.5, 0.6) is 0 Å². The maximum Gasteiger partial charge on any atom is 0.139 e. The Balaban J connectivity index is 2.71. The van der Waals surface area contributed by atoms with Crippen LogP contribution in [0.2, 0.25) is 0 Å². The molecule has 0 aliphatic rings. The predicted octanol–water partition coefficient (Wildman–Crippen LogP) is 1.48. The molecule has 0 fully saturated rings. The summed E-state index contributed by atoms with van der Waals surface area (Å²) in [5.74, 6) is -0.0175. The fourth-order valence-electron chi connectivity index (χ4n) is 1.64. The molecule has 0 unspecified atom stereocenters. The van der Waals surface area contributed by atoms with Gasteiger partial charge in [0.15, 0.2) is 0 Å². The van der Waals surface area contributed by atoms with Crippen LogP contribution in [0.15, 0.2) is 30.8 Å². The Bertz CT molecular complexity index is 319. The van der Waals surface area contributed by atoms with Gasteiger partial charge in [-0.15, -0.1) is 0 Å². The van der Waals surface area contributed by atoms with Crippen LogP contribution in [0.3, 0.4) is 0 Å². The summed E-state index contributed by atoms with van der Waals surface area (Å²) >= 11 is 0. The van der Waals surface area contributed by atoms with Crippen LogP contribution in [0.4, 0.5) is 0 Å². The van der Waals surface area contributed by atoms with Crippen molar-refractivity contribution in [2.75, 3.05) is 13.2 Å². The average molecular weight is 236 g/mol. The Morgan fingerprint density at radius 3 is 2.44 bits per heavy atom. The summed E-state index contributed by atoms with van der Waals surface area (Å²) in [7, 11) is -0.575. The number of hydrogen-bond donors (Lipinski definition) is 0. The SMILES string of the molecule is C=Cc1ccccc1[SiH2]C(OCC)OCC. The molecule has 0 atom stereocenters. The highest BCUT2D eigenvalue weighted by Gasteiger charge is 2.11. The minimum Gasteiger partial charge on any atom is -0.357 e. The lowest BCUT2D eigenvalue weighted by Crippen LogP contribution is -2.34. The molecule has 0 spiro atoms. The zero-order valence-corrected chi connectivity index (χ0v) is 11.5. The fraction of sp³-hybridized carbons (Fsp3) is 0.385. The van der Waals surface area contributed by atoms with Crippen LogP contribution in [0.1, 0.15) is 19.4 Å². The Hall–Kier alpha value is -0.903. The van der Waals surface area contributed by atoms with Crippen LogP contribution < -0.4 is 5.19 Å². The summed E-state index contributed by atoms with van der Waals surface area (Å²) < 4.78 is 11.2. The van der Waals surface area contributed by atoms with Crippen molar-refractivity contribution in [3.05, 3.63) is 36.4 Å². The maximum absolute atomic E-state index is 5.59. The molecule has 0 aliphatic heterocycles. The monoisotopic (exact) mass is 236 g/mol. The lowest BCUT2D eigenvalue weighted by molar-refractivity contribution is -0.0817. The van der Waals surface area contributed by atoms with Gasteiger partial charge in [0.25, 0.3) is 0 Å². The van der Waals surface area contributed by atoms with Gasteiger partial charge in [-0.2, -0.15) is 0 Å². The maximum atomic E-state index is 5.59. The van der Waals surface area contributed by atoms with Crippen molar-refractivity contribution in [2.24, 2.45) is 0 Å². The molecule has 1 rings (SSSR count). The van der Waals surface area contributed by atoms with Crippen molar-refractivity contribution in [3.8, 4) is 0 Å². The van der Waals surface area contributed by atoms with E-state index in [0.717, 1.165) is 0 Å². The normalized spacial score (nSPS) is 11.4. The molecule has 0 N–H and O–H groups in total. The van der Waals surface area contributed by atoms with E-state index < -0.39 is 9.52 Å². The minimum absolute atomic E-state index is 0.0175. The summed E-state index contributed by atoms with van der Waals surface area (Å²) in [6.07, 6.45) is 1.90. The third kappa shape index (κ3) is 3.93. The highest BCUT2D eigenvalue weighted by molar-refractivity contribution is 6.55. The molecule has 0 saturated heterocycles. The van der Waals surface area contributed by atoms with Crippen LogP contribution in [0.25, 0.3) is 6.08 Å². The van der Waals surface area contributed by atoms with Gasteiger partial charge in [0, 0.05) is 13.2 Å². The highest BCUT2D eigenvalue weighted by atomic mass is 28.2. The topological polar surface area (TPSA) is 18.5 Å². The Kier molecular flexibility index (Phi) is 6.07. The van der Waals surface area contributed by atoms with Crippen molar-refractivity contribution in [2.45, 2.75) is 19.8 Å². The van der Waals surface area contributed by atoms with E-state index in [1.54, 1.807) is 0 Å². The second-order valence-electron chi connectivity index (χ2n) is 3.45. The zero-order valence-electron chi connectivity index (χ0n) is 10.1. The molecule has 3 heteroatoms. The first kappa shape index (κ1) is 13.2. The average Bonchev–Trinajstić information content (AvgIpc) is 2.30. The molecule has 0 heterocycles. The van der Waals surface area contributed by atoms with Crippen molar-refractivity contribution in [1.82, 2.24) is 0 Å². The standard InChI is InChI=1S/C13H20O2Si/c1-4-11-9-7-8-10-12(11)16-13(14-5-2)15-6-3/h4,7-10,13H,1,5-6,16H2,2-3H3. The van der Waals surface area contributed by atoms with E-state index in [9.17, 15) is 0 Å². The lowest BCUT2D eigenvalue weighted by atomic mass is 10.2. The van der Waals surface area contributed by atoms with Gasteiger partial charge in [-0.3, -0.25) is 0 Å². The summed E-state index contributed by atoms with van der Waals surface area (Å²) in [4.78, 5) is 0. The Labute approximate surface area is 100 Å². The quantitative estimate of drug-likeness (QED) is 0.527. The molecule has 0 radical (unpaired) electrons. The summed E-state index contributed by atoms with van der Waals surface area (Å²) in [5.41, 5.74) is 1.21. The lowest BCUT2D eigenvalue weighted by Gasteiger charge is -2.17. The molecule has 0 aromatic heterocycles. The molecule has 2 nitrogen and oxygen atoms in total. The Morgan fingerprint density at radius 2 is 1.88 bits per heavy atom. The van der Waals surface area contributed by atoms with E-state index >= 15 is 0 Å². The van der Waals surface area contributed by atoms with Gasteiger partial charge in [-0.25, -0.2) is 0 Å². The van der Waals surface area contributed by atoms with Crippen LogP contribution >= 0.6 is 0 Å². The molecule has 1 aromatic carbocycles. The van der Waals surface area contributed by atoms with Gasteiger partial charge in [-0.1, -0.05) is 42.1 Å². The van der Waals surface area contributed by atoms with Crippen molar-refractivity contribution >= 4 is 20.8 Å². The first-order valence-electron chi connectivity index (χ1n) is 5.75. The van der Waals surface area contributed by atoms with Crippen molar-refractivity contribution in [1.29, 1.82) is 0 Å². The second kappa shape index (κ2) is 7.38. The van der Waals surface area contributed by atoms with Gasteiger partial charge >= 0.3 is 0 Å². The van der Waals surface area contributed by atoms with Gasteiger partial charge in [0.1, 0.15) is 15.4 Å². The molecular formula is C13H20O2Si. The first-order chi connectivity index (χ1) is 7.81. The van der Waals surface area contributed by atoms with Gasteiger partial charge in [-0.05, 0) is 19.4 Å². The summed E-state index contributed by atoms with van der Waals surface area (Å²) in [6.45, 7) is 9.24. The third-order valence-electron chi connectivity index (χ3n) is 2.37. The summed E-state index contributed by atoms with van der Waals surface area (Å²) in [6, 6.07) is 8.33. The molecule has 1 aromatic rings. The van der Waals surface area contributed by atoms with E-state index in [1.165, 1.54) is 10.8 Å². The highest BCUT2D eigenvalue weighted by Crippen LogP contribution is 2.00. The van der Waals surface area contributed by atoms with Crippen LogP contribution in [0, 0.1) is 0 Å². The van der Waals surface area contributed by atoms with E-state index in [4.69, 9.17) is 9.47 Å². The van der Waals surface area contributed by atoms with E-state index in [-0.39, 0.29) is 5.91 Å². The molecular weight excluding hydrogens is 216 g/mol. The molecule has 16 heavy (non-hydrogen) atoms. The van der Waals surface area contributed by atoms with E-state index in [2.05, 4.69) is 24.8 Å². The zero-order chi connectivity index (χ0) is 11.8. The minimum atomic E-state index is -0.575. The predicted molar refractivity (Wildman–Crippen MR) is 71.8 cm³/mol. The van der Waals surface area contributed by atoms with Crippen molar-refractivity contribution < 1.29 is 9.47 Å².